The molecule has 2 aromatic carbocycles. The number of aliphatic hydroxyl groups excluding tert-OH is 1. The normalized spacial score (nSPS) is 18.7. The van der Waals surface area contributed by atoms with Gasteiger partial charge in [0.05, 0.1) is 18.6 Å². The summed E-state index contributed by atoms with van der Waals surface area (Å²) in [7, 11) is 0. The van der Waals surface area contributed by atoms with Gasteiger partial charge in [-0.15, -0.1) is 0 Å². The first-order chi connectivity index (χ1) is 16.4. The number of fused-ring (bicyclic) bond motifs is 1. The van der Waals surface area contributed by atoms with Crippen LogP contribution >= 0.6 is 0 Å². The van der Waals surface area contributed by atoms with Crippen molar-refractivity contribution in [1.29, 1.82) is 0 Å². The third-order valence-corrected chi connectivity index (χ3v) is 5.74. The molecule has 35 heavy (non-hydrogen) atoms. The van der Waals surface area contributed by atoms with Crippen molar-refractivity contribution in [2.24, 2.45) is 0 Å². The van der Waals surface area contributed by atoms with E-state index in [9.17, 15) is 29.8 Å². The topological polar surface area (TPSA) is 157 Å². The number of hydroxylamine groups is 1. The SMILES string of the molecule is CC(C)(C)OC(=O)N[C@](CC(=O)N[C@H]1c2ccccc2C[C@H]1O)(Cc1ccccc1O)C(=O)NO. The lowest BCUT2D eigenvalue weighted by Gasteiger charge is -2.34. The Morgan fingerprint density at radius 1 is 1.06 bits per heavy atom. The highest BCUT2D eigenvalue weighted by Gasteiger charge is 2.45. The van der Waals surface area contributed by atoms with Crippen LogP contribution in [0.5, 0.6) is 5.75 Å². The van der Waals surface area contributed by atoms with E-state index in [2.05, 4.69) is 10.6 Å². The summed E-state index contributed by atoms with van der Waals surface area (Å²) in [4.78, 5) is 38.8. The average molecular weight is 486 g/mol. The van der Waals surface area contributed by atoms with Gasteiger partial charge < -0.3 is 25.6 Å². The Morgan fingerprint density at radius 3 is 2.37 bits per heavy atom. The quantitative estimate of drug-likeness (QED) is 0.258. The Labute approximate surface area is 203 Å². The van der Waals surface area contributed by atoms with Crippen LogP contribution in [0.25, 0.3) is 0 Å². The summed E-state index contributed by atoms with van der Waals surface area (Å²) in [6, 6.07) is 12.7. The molecular weight excluding hydrogens is 454 g/mol. The molecule has 0 spiro atoms. The number of amides is 3. The number of para-hydroxylation sites is 1. The van der Waals surface area contributed by atoms with Crippen molar-refractivity contribution in [1.82, 2.24) is 16.1 Å². The van der Waals surface area contributed by atoms with E-state index in [1.807, 2.05) is 12.1 Å². The molecule has 6 N–H and O–H groups in total. The molecule has 3 atom stereocenters. The van der Waals surface area contributed by atoms with E-state index in [0.717, 1.165) is 11.1 Å². The molecular formula is C25H31N3O7. The standard InChI is InChI=1S/C25H31N3O7/c1-24(2,3)35-23(33)27-25(22(32)28-34,13-16-9-5-7-11-18(16)29)14-20(31)26-21-17-10-6-4-8-15(17)12-19(21)30/h4-11,19,21,29-30,34H,12-14H2,1-3H3,(H,26,31)(H,27,33)(H,28,32)/t19-,21+,25+/m1/s1. The number of hydrogen-bond acceptors (Lipinski definition) is 7. The van der Waals surface area contributed by atoms with Crippen LogP contribution in [0.1, 0.15) is 49.9 Å². The molecule has 0 unspecified atom stereocenters. The molecule has 0 aliphatic heterocycles. The van der Waals surface area contributed by atoms with Gasteiger partial charge in [0.1, 0.15) is 16.9 Å². The van der Waals surface area contributed by atoms with E-state index in [1.54, 1.807) is 45.0 Å². The maximum Gasteiger partial charge on any atom is 0.408 e. The van der Waals surface area contributed by atoms with Crippen LogP contribution in [0.2, 0.25) is 0 Å². The van der Waals surface area contributed by atoms with Crippen LogP contribution in [0.4, 0.5) is 4.79 Å². The van der Waals surface area contributed by atoms with Gasteiger partial charge in [-0.05, 0) is 43.5 Å². The highest BCUT2D eigenvalue weighted by atomic mass is 16.6. The van der Waals surface area contributed by atoms with Gasteiger partial charge in [0, 0.05) is 12.8 Å². The van der Waals surface area contributed by atoms with E-state index >= 15 is 0 Å². The molecule has 0 saturated heterocycles. The van der Waals surface area contributed by atoms with Gasteiger partial charge >= 0.3 is 6.09 Å². The van der Waals surface area contributed by atoms with Gasteiger partial charge in [-0.25, -0.2) is 10.3 Å². The van der Waals surface area contributed by atoms with Crippen LogP contribution in [0.15, 0.2) is 48.5 Å². The maximum atomic E-state index is 13.2. The van der Waals surface area contributed by atoms with Gasteiger partial charge in [0.2, 0.25) is 5.91 Å². The van der Waals surface area contributed by atoms with Gasteiger partial charge in [0.25, 0.3) is 5.91 Å². The summed E-state index contributed by atoms with van der Waals surface area (Å²) in [5, 5.41) is 35.5. The molecule has 10 nitrogen and oxygen atoms in total. The summed E-state index contributed by atoms with van der Waals surface area (Å²) in [6.07, 6.45) is -2.44. The zero-order chi connectivity index (χ0) is 25.8. The lowest BCUT2D eigenvalue weighted by molar-refractivity contribution is -0.140. The summed E-state index contributed by atoms with van der Waals surface area (Å²) in [5.41, 5.74) is 0.496. The van der Waals surface area contributed by atoms with Crippen LogP contribution in [0.3, 0.4) is 0 Å². The summed E-state index contributed by atoms with van der Waals surface area (Å²) >= 11 is 0. The van der Waals surface area contributed by atoms with Crippen molar-refractivity contribution in [2.45, 2.75) is 63.3 Å². The first kappa shape index (κ1) is 26.0. The molecule has 3 amide bonds. The van der Waals surface area contributed by atoms with Gasteiger partial charge in [-0.2, -0.15) is 0 Å². The second-order valence-electron chi connectivity index (χ2n) is 9.65. The molecule has 3 rings (SSSR count). The molecule has 188 valence electrons. The fourth-order valence-corrected chi connectivity index (χ4v) is 4.21. The highest BCUT2D eigenvalue weighted by molar-refractivity contribution is 5.95. The number of carbonyl (C=O) groups is 3. The van der Waals surface area contributed by atoms with Crippen molar-refractivity contribution in [2.75, 3.05) is 0 Å². The largest absolute Gasteiger partial charge is 0.508 e. The van der Waals surface area contributed by atoms with Gasteiger partial charge in [0.15, 0.2) is 0 Å². The van der Waals surface area contributed by atoms with Gasteiger partial charge in [-0.3, -0.25) is 14.8 Å². The van der Waals surface area contributed by atoms with Crippen LogP contribution in [0, 0.1) is 0 Å². The molecule has 1 aliphatic carbocycles. The van der Waals surface area contributed by atoms with Crippen LogP contribution in [-0.2, 0) is 27.2 Å². The second kappa shape index (κ2) is 10.3. The van der Waals surface area contributed by atoms with Gasteiger partial charge in [-0.1, -0.05) is 42.5 Å². The van der Waals surface area contributed by atoms with Crippen molar-refractivity contribution in [3.63, 3.8) is 0 Å². The minimum atomic E-state index is -2.02. The number of phenolic OH excluding ortho intramolecular Hbond substituents is 1. The number of alkyl carbamates (subject to hydrolysis) is 1. The molecule has 1 aliphatic rings. The minimum absolute atomic E-state index is 0.158. The van der Waals surface area contributed by atoms with Crippen molar-refractivity contribution in [3.05, 3.63) is 65.2 Å². The highest BCUT2D eigenvalue weighted by Crippen LogP contribution is 2.32. The Bertz CT molecular complexity index is 1100. The van der Waals surface area contributed by atoms with E-state index in [0.29, 0.717) is 6.42 Å². The first-order valence-electron chi connectivity index (χ1n) is 11.2. The number of benzene rings is 2. The predicted octanol–water partition coefficient (Wildman–Crippen LogP) is 1.87. The summed E-state index contributed by atoms with van der Waals surface area (Å²) in [5.74, 6) is -1.90. The Hall–Kier alpha value is -3.63. The monoisotopic (exact) mass is 485 g/mol. The lowest BCUT2D eigenvalue weighted by Crippen LogP contribution is -2.62. The smallest absolute Gasteiger partial charge is 0.408 e. The third kappa shape index (κ3) is 6.28. The van der Waals surface area contributed by atoms with Crippen molar-refractivity contribution >= 4 is 17.9 Å². The number of aliphatic hydroxyl groups is 1. The number of nitrogens with one attached hydrogen (secondary N) is 3. The molecule has 0 aromatic heterocycles. The number of ether oxygens (including phenoxy) is 1. The van der Waals surface area contributed by atoms with E-state index in [-0.39, 0.29) is 17.7 Å². The number of carbonyl (C=O) groups excluding carboxylic acids is 3. The average Bonchev–Trinajstić information content (AvgIpc) is 3.08. The molecule has 0 heterocycles. The number of hydrogen-bond donors (Lipinski definition) is 6. The van der Waals surface area contributed by atoms with Crippen molar-refractivity contribution < 1.29 is 34.5 Å². The van der Waals surface area contributed by atoms with Crippen LogP contribution in [-0.4, -0.2) is 50.6 Å². The minimum Gasteiger partial charge on any atom is -0.508 e. The number of rotatable bonds is 7. The molecule has 0 radical (unpaired) electrons. The third-order valence-electron chi connectivity index (χ3n) is 5.74. The molecule has 10 heteroatoms. The molecule has 0 fully saturated rings. The zero-order valence-corrected chi connectivity index (χ0v) is 19.9. The van der Waals surface area contributed by atoms with E-state index in [1.165, 1.54) is 17.6 Å². The van der Waals surface area contributed by atoms with E-state index in [4.69, 9.17) is 4.74 Å². The summed E-state index contributed by atoms with van der Waals surface area (Å²) in [6.45, 7) is 4.90. The van der Waals surface area contributed by atoms with Crippen molar-refractivity contribution in [3.8, 4) is 5.75 Å². The Kier molecular flexibility index (Phi) is 7.67. The van der Waals surface area contributed by atoms with E-state index < -0.39 is 47.6 Å². The second-order valence-corrected chi connectivity index (χ2v) is 9.65. The fourth-order valence-electron chi connectivity index (χ4n) is 4.21. The number of aromatic hydroxyl groups is 1. The summed E-state index contributed by atoms with van der Waals surface area (Å²) < 4.78 is 5.29. The molecule has 0 bridgehead atoms. The molecule has 0 saturated carbocycles. The first-order valence-corrected chi connectivity index (χ1v) is 11.2. The lowest BCUT2D eigenvalue weighted by atomic mass is 9.85. The number of phenols is 1. The maximum absolute atomic E-state index is 13.2. The Balaban J connectivity index is 1.92. The van der Waals surface area contributed by atoms with Crippen LogP contribution < -0.4 is 16.1 Å². The Morgan fingerprint density at radius 2 is 1.71 bits per heavy atom. The zero-order valence-electron chi connectivity index (χ0n) is 19.9. The molecule has 2 aromatic rings. The predicted molar refractivity (Wildman–Crippen MR) is 125 cm³/mol. The fraction of sp³-hybridized carbons (Fsp3) is 0.400.